The van der Waals surface area contributed by atoms with Crippen molar-refractivity contribution >= 4 is 12.0 Å². The lowest BCUT2D eigenvalue weighted by Crippen LogP contribution is -2.50. The summed E-state index contributed by atoms with van der Waals surface area (Å²) in [7, 11) is 4.69. The highest BCUT2D eigenvalue weighted by atomic mass is 16.5. The molecule has 2 aromatic carbocycles. The van der Waals surface area contributed by atoms with Crippen molar-refractivity contribution < 1.29 is 19.0 Å². The summed E-state index contributed by atoms with van der Waals surface area (Å²) in [5.74, 6) is 1.51. The third-order valence-corrected chi connectivity index (χ3v) is 5.01. The molecular formula is C22H25NO4. The zero-order chi connectivity index (χ0) is 19.3. The number of carbonyl (C=O) groups excluding carboxylic acids is 1. The molecule has 2 aromatic rings. The maximum absolute atomic E-state index is 12.5. The van der Waals surface area contributed by atoms with Gasteiger partial charge in [-0.2, -0.15) is 0 Å². The van der Waals surface area contributed by atoms with Gasteiger partial charge >= 0.3 is 0 Å². The van der Waals surface area contributed by atoms with Crippen LogP contribution in [0.5, 0.6) is 17.2 Å². The smallest absolute Gasteiger partial charge is 0.244 e. The zero-order valence-corrected chi connectivity index (χ0v) is 16.0. The van der Waals surface area contributed by atoms with Crippen molar-refractivity contribution in [2.45, 2.75) is 24.8 Å². The maximum Gasteiger partial charge on any atom is 0.244 e. The van der Waals surface area contributed by atoms with E-state index in [1.165, 1.54) is 0 Å². The van der Waals surface area contributed by atoms with E-state index in [9.17, 15) is 4.79 Å². The van der Waals surface area contributed by atoms with Gasteiger partial charge in [-0.25, -0.2) is 0 Å². The molecule has 27 heavy (non-hydrogen) atoms. The van der Waals surface area contributed by atoms with Gasteiger partial charge in [0.2, 0.25) is 11.7 Å². The number of hydrogen-bond donors (Lipinski definition) is 1. The molecule has 1 N–H and O–H groups in total. The van der Waals surface area contributed by atoms with Gasteiger partial charge in [-0.05, 0) is 48.6 Å². The lowest BCUT2D eigenvalue weighted by Gasteiger charge is -2.42. The van der Waals surface area contributed by atoms with Gasteiger partial charge in [0, 0.05) is 6.08 Å². The SMILES string of the molecule is COc1cc(/C=C/C(=O)NC2(c3ccccc3)CCC2)cc(OC)c1OC. The average molecular weight is 367 g/mol. The van der Waals surface area contributed by atoms with E-state index in [1.807, 2.05) is 18.2 Å². The monoisotopic (exact) mass is 367 g/mol. The predicted molar refractivity (Wildman–Crippen MR) is 105 cm³/mol. The summed E-state index contributed by atoms with van der Waals surface area (Å²) in [6.45, 7) is 0. The lowest BCUT2D eigenvalue weighted by molar-refractivity contribution is -0.119. The van der Waals surface area contributed by atoms with Crippen LogP contribution in [0.25, 0.3) is 6.08 Å². The van der Waals surface area contributed by atoms with Crippen molar-refractivity contribution in [2.75, 3.05) is 21.3 Å². The number of nitrogens with one attached hydrogen (secondary N) is 1. The first kappa shape index (κ1) is 18.8. The fraction of sp³-hybridized carbons (Fsp3) is 0.318. The number of rotatable bonds is 7. The zero-order valence-electron chi connectivity index (χ0n) is 16.0. The van der Waals surface area contributed by atoms with Gasteiger partial charge in [0.15, 0.2) is 11.5 Å². The highest BCUT2D eigenvalue weighted by Gasteiger charge is 2.39. The molecule has 0 radical (unpaired) electrons. The number of methoxy groups -OCH3 is 3. The van der Waals surface area contributed by atoms with Crippen LogP contribution in [0.2, 0.25) is 0 Å². The fourth-order valence-electron chi connectivity index (χ4n) is 3.42. The van der Waals surface area contributed by atoms with Gasteiger partial charge < -0.3 is 19.5 Å². The van der Waals surface area contributed by atoms with Gasteiger partial charge in [-0.3, -0.25) is 4.79 Å². The number of carbonyl (C=O) groups is 1. The molecule has 1 amide bonds. The minimum absolute atomic E-state index is 0.118. The van der Waals surface area contributed by atoms with Crippen LogP contribution in [-0.2, 0) is 10.3 Å². The Morgan fingerprint density at radius 3 is 2.11 bits per heavy atom. The molecule has 5 nitrogen and oxygen atoms in total. The first-order chi connectivity index (χ1) is 13.1. The Bertz CT molecular complexity index is 800. The van der Waals surface area contributed by atoms with Gasteiger partial charge in [-0.15, -0.1) is 0 Å². The second-order valence-electron chi connectivity index (χ2n) is 6.58. The molecule has 0 aliphatic heterocycles. The Hall–Kier alpha value is -2.95. The number of benzene rings is 2. The summed E-state index contributed by atoms with van der Waals surface area (Å²) in [5.41, 5.74) is 1.70. The average Bonchev–Trinajstić information content (AvgIpc) is 2.68. The minimum Gasteiger partial charge on any atom is -0.493 e. The van der Waals surface area contributed by atoms with Crippen LogP contribution in [-0.4, -0.2) is 27.2 Å². The lowest BCUT2D eigenvalue weighted by atomic mass is 9.72. The standard InChI is InChI=1S/C22H25NO4/c1-25-18-14-16(15-19(26-2)21(18)27-3)10-11-20(24)23-22(12-7-13-22)17-8-5-4-6-9-17/h4-6,8-11,14-15H,7,12-13H2,1-3H3,(H,23,24)/b11-10+. The Morgan fingerprint density at radius 1 is 1.00 bits per heavy atom. The summed E-state index contributed by atoms with van der Waals surface area (Å²) in [6.07, 6.45) is 6.33. The van der Waals surface area contributed by atoms with Crippen molar-refractivity contribution in [2.24, 2.45) is 0 Å². The Kier molecular flexibility index (Phi) is 5.69. The van der Waals surface area contributed by atoms with Crippen LogP contribution in [0, 0.1) is 0 Å². The molecule has 0 unspecified atom stereocenters. The molecule has 0 heterocycles. The Morgan fingerprint density at radius 2 is 1.63 bits per heavy atom. The van der Waals surface area contributed by atoms with E-state index in [0.29, 0.717) is 17.2 Å². The van der Waals surface area contributed by atoms with E-state index >= 15 is 0 Å². The van der Waals surface area contributed by atoms with E-state index in [-0.39, 0.29) is 11.4 Å². The highest BCUT2D eigenvalue weighted by molar-refractivity contribution is 5.92. The summed E-state index contributed by atoms with van der Waals surface area (Å²) < 4.78 is 16.0. The predicted octanol–water partition coefficient (Wildman–Crippen LogP) is 3.92. The Balaban J connectivity index is 1.77. The van der Waals surface area contributed by atoms with E-state index in [1.54, 1.807) is 45.6 Å². The molecule has 0 bridgehead atoms. The molecular weight excluding hydrogens is 342 g/mol. The van der Waals surface area contributed by atoms with E-state index in [0.717, 1.165) is 30.4 Å². The topological polar surface area (TPSA) is 56.8 Å². The summed E-state index contributed by atoms with van der Waals surface area (Å²) >= 11 is 0. The van der Waals surface area contributed by atoms with E-state index < -0.39 is 0 Å². The van der Waals surface area contributed by atoms with Gasteiger partial charge in [-0.1, -0.05) is 30.3 Å². The molecule has 0 saturated heterocycles. The first-order valence-electron chi connectivity index (χ1n) is 8.97. The molecule has 1 fully saturated rings. The third kappa shape index (κ3) is 3.92. The largest absolute Gasteiger partial charge is 0.493 e. The molecule has 142 valence electrons. The molecule has 1 aliphatic carbocycles. The van der Waals surface area contributed by atoms with Crippen molar-refractivity contribution in [3.8, 4) is 17.2 Å². The van der Waals surface area contributed by atoms with Crippen LogP contribution in [0.15, 0.2) is 48.5 Å². The number of ether oxygens (including phenoxy) is 3. The number of amides is 1. The van der Waals surface area contributed by atoms with Crippen molar-refractivity contribution in [1.82, 2.24) is 5.32 Å². The van der Waals surface area contributed by atoms with Crippen LogP contribution >= 0.6 is 0 Å². The highest BCUT2D eigenvalue weighted by Crippen LogP contribution is 2.41. The Labute approximate surface area is 159 Å². The van der Waals surface area contributed by atoms with Crippen LogP contribution < -0.4 is 19.5 Å². The van der Waals surface area contributed by atoms with Crippen molar-refractivity contribution in [3.05, 3.63) is 59.7 Å². The third-order valence-electron chi connectivity index (χ3n) is 5.01. The second-order valence-corrected chi connectivity index (χ2v) is 6.58. The molecule has 3 rings (SSSR count). The maximum atomic E-state index is 12.5. The molecule has 5 heteroatoms. The van der Waals surface area contributed by atoms with Crippen LogP contribution in [0.4, 0.5) is 0 Å². The van der Waals surface area contributed by atoms with Gasteiger partial charge in [0.1, 0.15) is 0 Å². The normalized spacial score (nSPS) is 15.1. The fourth-order valence-corrected chi connectivity index (χ4v) is 3.42. The van der Waals surface area contributed by atoms with E-state index in [4.69, 9.17) is 14.2 Å². The second kappa shape index (κ2) is 8.16. The summed E-state index contributed by atoms with van der Waals surface area (Å²) in [6, 6.07) is 13.8. The van der Waals surface area contributed by atoms with Crippen molar-refractivity contribution in [3.63, 3.8) is 0 Å². The van der Waals surface area contributed by atoms with Crippen LogP contribution in [0.3, 0.4) is 0 Å². The van der Waals surface area contributed by atoms with E-state index in [2.05, 4.69) is 17.4 Å². The summed E-state index contributed by atoms with van der Waals surface area (Å²) in [5, 5.41) is 3.18. The summed E-state index contributed by atoms with van der Waals surface area (Å²) in [4.78, 5) is 12.5. The quantitative estimate of drug-likeness (QED) is 0.754. The molecule has 0 atom stereocenters. The molecule has 0 aromatic heterocycles. The number of hydrogen-bond acceptors (Lipinski definition) is 4. The van der Waals surface area contributed by atoms with Crippen LogP contribution in [0.1, 0.15) is 30.4 Å². The van der Waals surface area contributed by atoms with Gasteiger partial charge in [0.05, 0.1) is 26.9 Å². The van der Waals surface area contributed by atoms with Crippen molar-refractivity contribution in [1.29, 1.82) is 0 Å². The molecule has 0 spiro atoms. The van der Waals surface area contributed by atoms with Gasteiger partial charge in [0.25, 0.3) is 0 Å². The first-order valence-corrected chi connectivity index (χ1v) is 8.97. The molecule has 1 aliphatic rings. The minimum atomic E-state index is -0.252. The molecule has 1 saturated carbocycles.